The molecule has 11 heavy (non-hydrogen) atoms. The first-order chi connectivity index (χ1) is 5.36. The van der Waals surface area contributed by atoms with Crippen LogP contribution in [0.15, 0.2) is 18.5 Å². The van der Waals surface area contributed by atoms with E-state index in [0.29, 0.717) is 0 Å². The monoisotopic (exact) mass is 169 g/mol. The zero-order chi connectivity index (χ0) is 8.10. The molecule has 0 amide bonds. The van der Waals surface area contributed by atoms with E-state index in [1.165, 1.54) is 5.56 Å². The standard InChI is InChI=1S/C8H11NOS/c1-10-8-4-7(2-3-11)5-9-6-8/h4-6,11H,2-3H2,1H3. The Morgan fingerprint density at radius 3 is 3.00 bits per heavy atom. The largest absolute Gasteiger partial charge is 0.495 e. The Balaban J connectivity index is 2.74. The van der Waals surface area contributed by atoms with Crippen LogP contribution < -0.4 is 4.74 Å². The number of rotatable bonds is 3. The molecule has 2 nitrogen and oxygen atoms in total. The van der Waals surface area contributed by atoms with Crippen molar-refractivity contribution in [2.75, 3.05) is 12.9 Å². The van der Waals surface area contributed by atoms with Gasteiger partial charge in [0, 0.05) is 6.20 Å². The second kappa shape index (κ2) is 4.23. The minimum Gasteiger partial charge on any atom is -0.495 e. The number of methoxy groups -OCH3 is 1. The molecule has 1 aromatic heterocycles. The lowest BCUT2D eigenvalue weighted by atomic mass is 10.2. The van der Waals surface area contributed by atoms with E-state index in [-0.39, 0.29) is 0 Å². The quantitative estimate of drug-likeness (QED) is 0.694. The van der Waals surface area contributed by atoms with Gasteiger partial charge in [0.2, 0.25) is 0 Å². The molecule has 0 radical (unpaired) electrons. The number of thiol groups is 1. The van der Waals surface area contributed by atoms with Crippen molar-refractivity contribution in [1.82, 2.24) is 4.98 Å². The van der Waals surface area contributed by atoms with Crippen LogP contribution in [-0.2, 0) is 6.42 Å². The van der Waals surface area contributed by atoms with Gasteiger partial charge in [-0.25, -0.2) is 0 Å². The molecule has 0 aliphatic heterocycles. The van der Waals surface area contributed by atoms with Crippen LogP contribution in [0, 0.1) is 0 Å². The molecule has 1 rings (SSSR count). The van der Waals surface area contributed by atoms with E-state index in [9.17, 15) is 0 Å². The van der Waals surface area contributed by atoms with Gasteiger partial charge < -0.3 is 4.74 Å². The molecule has 0 fully saturated rings. The minimum absolute atomic E-state index is 0.810. The van der Waals surface area contributed by atoms with Crippen LogP contribution in [0.25, 0.3) is 0 Å². The Morgan fingerprint density at radius 2 is 2.36 bits per heavy atom. The number of aromatic nitrogens is 1. The Labute approximate surface area is 72.0 Å². The number of hydrogen-bond acceptors (Lipinski definition) is 3. The van der Waals surface area contributed by atoms with E-state index in [1.54, 1.807) is 13.3 Å². The molecule has 0 saturated heterocycles. The van der Waals surface area contributed by atoms with Gasteiger partial charge in [0.15, 0.2) is 0 Å². The molecule has 0 aliphatic rings. The maximum Gasteiger partial charge on any atom is 0.137 e. The molecule has 3 heteroatoms. The summed E-state index contributed by atoms with van der Waals surface area (Å²) >= 11 is 4.13. The lowest BCUT2D eigenvalue weighted by Gasteiger charge is -2.00. The fourth-order valence-corrected chi connectivity index (χ4v) is 1.10. The van der Waals surface area contributed by atoms with Gasteiger partial charge in [0.25, 0.3) is 0 Å². The van der Waals surface area contributed by atoms with Crippen LogP contribution in [0.5, 0.6) is 5.75 Å². The average molecular weight is 169 g/mol. The summed E-state index contributed by atoms with van der Waals surface area (Å²) < 4.78 is 5.01. The number of pyridine rings is 1. The van der Waals surface area contributed by atoms with Crippen LogP contribution in [0.4, 0.5) is 0 Å². The Bertz CT molecular complexity index is 227. The Morgan fingerprint density at radius 1 is 1.55 bits per heavy atom. The van der Waals surface area contributed by atoms with Crippen LogP contribution in [0.2, 0.25) is 0 Å². The fourth-order valence-electron chi connectivity index (χ4n) is 0.841. The van der Waals surface area contributed by atoms with Crippen molar-refractivity contribution in [2.45, 2.75) is 6.42 Å². The highest BCUT2D eigenvalue weighted by Crippen LogP contribution is 2.10. The first kappa shape index (κ1) is 8.40. The van der Waals surface area contributed by atoms with Crippen molar-refractivity contribution in [1.29, 1.82) is 0 Å². The van der Waals surface area contributed by atoms with Gasteiger partial charge >= 0.3 is 0 Å². The van der Waals surface area contributed by atoms with Gasteiger partial charge in [0.05, 0.1) is 13.3 Å². The summed E-state index contributed by atoms with van der Waals surface area (Å²) in [6.07, 6.45) is 4.47. The maximum atomic E-state index is 5.01. The first-order valence-corrected chi connectivity index (χ1v) is 4.09. The molecule has 0 saturated carbocycles. The number of aryl methyl sites for hydroxylation is 1. The van der Waals surface area contributed by atoms with Gasteiger partial charge in [0.1, 0.15) is 5.75 Å². The summed E-state index contributed by atoms with van der Waals surface area (Å²) in [6, 6.07) is 1.98. The molecule has 0 unspecified atom stereocenters. The van der Waals surface area contributed by atoms with Crippen LogP contribution >= 0.6 is 12.6 Å². The van der Waals surface area contributed by atoms with E-state index in [0.717, 1.165) is 17.9 Å². The van der Waals surface area contributed by atoms with Crippen LogP contribution in [0.1, 0.15) is 5.56 Å². The molecule has 0 aromatic carbocycles. The highest BCUT2D eigenvalue weighted by atomic mass is 32.1. The molecular formula is C8H11NOS. The molecule has 0 spiro atoms. The van der Waals surface area contributed by atoms with E-state index in [2.05, 4.69) is 17.6 Å². The maximum absolute atomic E-state index is 5.01. The molecule has 1 aromatic rings. The fraction of sp³-hybridized carbons (Fsp3) is 0.375. The predicted molar refractivity (Wildman–Crippen MR) is 48.3 cm³/mol. The zero-order valence-electron chi connectivity index (χ0n) is 6.45. The molecule has 0 atom stereocenters. The van der Waals surface area contributed by atoms with Crippen molar-refractivity contribution < 1.29 is 4.74 Å². The smallest absolute Gasteiger partial charge is 0.137 e. The summed E-state index contributed by atoms with van der Waals surface area (Å²) in [6.45, 7) is 0. The molecule has 60 valence electrons. The van der Waals surface area contributed by atoms with E-state index >= 15 is 0 Å². The topological polar surface area (TPSA) is 22.1 Å². The second-order valence-corrected chi connectivity index (χ2v) is 2.65. The van der Waals surface area contributed by atoms with Crippen molar-refractivity contribution in [3.8, 4) is 5.75 Å². The van der Waals surface area contributed by atoms with Crippen LogP contribution in [-0.4, -0.2) is 17.8 Å². The first-order valence-electron chi connectivity index (χ1n) is 3.45. The second-order valence-electron chi connectivity index (χ2n) is 2.21. The lowest BCUT2D eigenvalue weighted by molar-refractivity contribution is 0.412. The van der Waals surface area contributed by atoms with Gasteiger partial charge in [-0.2, -0.15) is 12.6 Å². The normalized spacial score (nSPS) is 9.64. The van der Waals surface area contributed by atoms with Crippen molar-refractivity contribution in [3.63, 3.8) is 0 Å². The summed E-state index contributed by atoms with van der Waals surface area (Å²) in [4.78, 5) is 4.02. The highest BCUT2D eigenvalue weighted by Gasteiger charge is 1.94. The third-order valence-corrected chi connectivity index (χ3v) is 1.63. The molecular weight excluding hydrogens is 158 g/mol. The van der Waals surface area contributed by atoms with E-state index < -0.39 is 0 Å². The van der Waals surface area contributed by atoms with E-state index in [1.807, 2.05) is 12.3 Å². The van der Waals surface area contributed by atoms with Crippen LogP contribution in [0.3, 0.4) is 0 Å². The predicted octanol–water partition coefficient (Wildman–Crippen LogP) is 1.56. The third kappa shape index (κ3) is 2.42. The number of ether oxygens (including phenoxy) is 1. The van der Waals surface area contributed by atoms with Gasteiger partial charge in [-0.05, 0) is 23.8 Å². The zero-order valence-corrected chi connectivity index (χ0v) is 7.34. The summed E-state index contributed by atoms with van der Waals surface area (Å²) in [5.41, 5.74) is 1.17. The summed E-state index contributed by atoms with van der Waals surface area (Å²) in [5.74, 6) is 1.65. The van der Waals surface area contributed by atoms with Crippen molar-refractivity contribution in [3.05, 3.63) is 24.0 Å². The molecule has 0 bridgehead atoms. The van der Waals surface area contributed by atoms with Crippen molar-refractivity contribution in [2.24, 2.45) is 0 Å². The molecule has 0 aliphatic carbocycles. The Kier molecular flexibility index (Phi) is 3.23. The highest BCUT2D eigenvalue weighted by molar-refractivity contribution is 7.80. The van der Waals surface area contributed by atoms with Crippen molar-refractivity contribution >= 4 is 12.6 Å². The molecule has 0 N–H and O–H groups in total. The van der Waals surface area contributed by atoms with Gasteiger partial charge in [-0.3, -0.25) is 4.98 Å². The average Bonchev–Trinajstić information content (AvgIpc) is 2.06. The van der Waals surface area contributed by atoms with Gasteiger partial charge in [-0.15, -0.1) is 0 Å². The minimum atomic E-state index is 0.810. The van der Waals surface area contributed by atoms with Gasteiger partial charge in [-0.1, -0.05) is 0 Å². The van der Waals surface area contributed by atoms with E-state index in [4.69, 9.17) is 4.74 Å². The third-order valence-electron chi connectivity index (χ3n) is 1.41. The summed E-state index contributed by atoms with van der Waals surface area (Å²) in [5, 5.41) is 0. The Hall–Kier alpha value is -0.700. The molecule has 1 heterocycles. The lowest BCUT2D eigenvalue weighted by Crippen LogP contribution is -1.90. The number of nitrogens with zero attached hydrogens (tertiary/aromatic N) is 1. The number of hydrogen-bond donors (Lipinski definition) is 1. The summed E-state index contributed by atoms with van der Waals surface area (Å²) in [7, 11) is 1.64. The SMILES string of the molecule is COc1cncc(CCS)c1.